The van der Waals surface area contributed by atoms with Gasteiger partial charge in [-0.3, -0.25) is 0 Å². The quantitative estimate of drug-likeness (QED) is 0.657. The molecule has 4 heteroatoms. The summed E-state index contributed by atoms with van der Waals surface area (Å²) in [7, 11) is 0. The fourth-order valence-electron chi connectivity index (χ4n) is 1.15. The highest BCUT2D eigenvalue weighted by atomic mass is 79.9. The second kappa shape index (κ2) is 6.25. The van der Waals surface area contributed by atoms with Crippen LogP contribution >= 0.6 is 27.5 Å². The van der Waals surface area contributed by atoms with Crippen LogP contribution in [-0.4, -0.2) is 17.4 Å². The zero-order valence-corrected chi connectivity index (χ0v) is 10.5. The number of anilines is 1. The fraction of sp³-hybridized carbons (Fsp3) is 0.500. The minimum atomic E-state index is 0.731. The molecule has 78 valence electrons. The van der Waals surface area contributed by atoms with E-state index >= 15 is 0 Å². The Morgan fingerprint density at radius 1 is 1.50 bits per heavy atom. The summed E-state index contributed by atoms with van der Waals surface area (Å²) < 4.78 is 1.02. The van der Waals surface area contributed by atoms with Crippen molar-refractivity contribution in [3.8, 4) is 0 Å². The number of nitrogens with zero attached hydrogens (tertiary/aromatic N) is 1. The second-order valence-electron chi connectivity index (χ2n) is 3.14. The highest BCUT2D eigenvalue weighted by molar-refractivity contribution is 9.10. The SMILES string of the molecule is Cc1cc(Br)cnc1NCCCCCl. The van der Waals surface area contributed by atoms with Gasteiger partial charge in [-0.15, -0.1) is 11.6 Å². The van der Waals surface area contributed by atoms with Crippen LogP contribution in [0.5, 0.6) is 0 Å². The average Bonchev–Trinajstić information content (AvgIpc) is 2.15. The number of alkyl halides is 1. The molecule has 1 aromatic heterocycles. The molecule has 0 saturated heterocycles. The van der Waals surface area contributed by atoms with E-state index < -0.39 is 0 Å². The Hall–Kier alpha value is -0.280. The van der Waals surface area contributed by atoms with Gasteiger partial charge in [-0.1, -0.05) is 0 Å². The molecule has 0 spiro atoms. The summed E-state index contributed by atoms with van der Waals surface area (Å²) >= 11 is 8.97. The molecule has 0 fully saturated rings. The molecule has 1 heterocycles. The smallest absolute Gasteiger partial charge is 0.128 e. The first-order chi connectivity index (χ1) is 6.74. The van der Waals surface area contributed by atoms with Crippen molar-refractivity contribution in [2.45, 2.75) is 19.8 Å². The molecule has 0 saturated carbocycles. The highest BCUT2D eigenvalue weighted by Crippen LogP contribution is 2.16. The average molecular weight is 278 g/mol. The molecule has 0 aliphatic carbocycles. The Morgan fingerprint density at radius 2 is 2.29 bits per heavy atom. The van der Waals surface area contributed by atoms with Gasteiger partial charge in [0.1, 0.15) is 5.82 Å². The van der Waals surface area contributed by atoms with Gasteiger partial charge in [0.25, 0.3) is 0 Å². The largest absolute Gasteiger partial charge is 0.370 e. The van der Waals surface area contributed by atoms with Crippen LogP contribution in [-0.2, 0) is 0 Å². The molecule has 2 nitrogen and oxygen atoms in total. The Morgan fingerprint density at radius 3 is 2.93 bits per heavy atom. The van der Waals surface area contributed by atoms with Crippen LogP contribution in [0.25, 0.3) is 0 Å². The van der Waals surface area contributed by atoms with Crippen molar-refractivity contribution in [3.05, 3.63) is 22.3 Å². The minimum Gasteiger partial charge on any atom is -0.370 e. The molecule has 0 aromatic carbocycles. The van der Waals surface area contributed by atoms with E-state index in [0.29, 0.717) is 0 Å². The number of aryl methyl sites for hydroxylation is 1. The van der Waals surface area contributed by atoms with Crippen LogP contribution in [0.1, 0.15) is 18.4 Å². The maximum atomic E-state index is 5.59. The zero-order valence-electron chi connectivity index (χ0n) is 8.19. The van der Waals surface area contributed by atoms with Gasteiger partial charge in [-0.2, -0.15) is 0 Å². The predicted molar refractivity (Wildman–Crippen MR) is 65.1 cm³/mol. The molecule has 0 atom stereocenters. The van der Waals surface area contributed by atoms with E-state index in [2.05, 4.69) is 32.3 Å². The van der Waals surface area contributed by atoms with Crippen molar-refractivity contribution in [1.29, 1.82) is 0 Å². The van der Waals surface area contributed by atoms with Crippen LogP contribution in [0.4, 0.5) is 5.82 Å². The van der Waals surface area contributed by atoms with E-state index in [-0.39, 0.29) is 0 Å². The van der Waals surface area contributed by atoms with Gasteiger partial charge in [0.15, 0.2) is 0 Å². The molecule has 0 amide bonds. The van der Waals surface area contributed by atoms with Crippen LogP contribution in [0.2, 0.25) is 0 Å². The van der Waals surface area contributed by atoms with E-state index in [4.69, 9.17) is 11.6 Å². The summed E-state index contributed by atoms with van der Waals surface area (Å²) in [5.41, 5.74) is 1.16. The molecule has 0 unspecified atom stereocenters. The summed E-state index contributed by atoms with van der Waals surface area (Å²) in [4.78, 5) is 4.28. The summed E-state index contributed by atoms with van der Waals surface area (Å²) in [5.74, 6) is 1.69. The van der Waals surface area contributed by atoms with Crippen LogP contribution in [0.15, 0.2) is 16.7 Å². The maximum absolute atomic E-state index is 5.59. The molecule has 0 bridgehead atoms. The fourth-order valence-corrected chi connectivity index (χ4v) is 1.79. The number of aromatic nitrogens is 1. The first kappa shape index (κ1) is 11.8. The maximum Gasteiger partial charge on any atom is 0.128 e. The normalized spacial score (nSPS) is 10.2. The lowest BCUT2D eigenvalue weighted by molar-refractivity contribution is 0.835. The van der Waals surface area contributed by atoms with E-state index in [1.807, 2.05) is 6.92 Å². The third-order valence-corrected chi connectivity index (χ3v) is 2.60. The van der Waals surface area contributed by atoms with E-state index in [9.17, 15) is 0 Å². The van der Waals surface area contributed by atoms with Gasteiger partial charge in [-0.05, 0) is 47.3 Å². The van der Waals surface area contributed by atoms with Gasteiger partial charge in [0.05, 0.1) is 0 Å². The van der Waals surface area contributed by atoms with Gasteiger partial charge in [0.2, 0.25) is 0 Å². The third-order valence-electron chi connectivity index (χ3n) is 1.90. The lowest BCUT2D eigenvalue weighted by atomic mass is 10.3. The summed E-state index contributed by atoms with van der Waals surface area (Å²) in [6, 6.07) is 2.05. The molecule has 14 heavy (non-hydrogen) atoms. The van der Waals surface area contributed by atoms with Crippen molar-refractivity contribution in [2.24, 2.45) is 0 Å². The van der Waals surface area contributed by atoms with Gasteiger partial charge in [0, 0.05) is 23.1 Å². The highest BCUT2D eigenvalue weighted by Gasteiger charge is 1.98. The van der Waals surface area contributed by atoms with Gasteiger partial charge < -0.3 is 5.32 Å². The number of rotatable bonds is 5. The Kier molecular flexibility index (Phi) is 5.26. The van der Waals surface area contributed by atoms with Crippen LogP contribution in [0.3, 0.4) is 0 Å². The van der Waals surface area contributed by atoms with Crippen molar-refractivity contribution >= 4 is 33.3 Å². The van der Waals surface area contributed by atoms with Crippen LogP contribution in [0, 0.1) is 6.92 Å². The number of nitrogens with one attached hydrogen (secondary N) is 1. The second-order valence-corrected chi connectivity index (χ2v) is 4.44. The van der Waals surface area contributed by atoms with Crippen molar-refractivity contribution in [2.75, 3.05) is 17.7 Å². The van der Waals surface area contributed by atoms with E-state index in [1.54, 1.807) is 6.20 Å². The Labute approximate surface area is 98.2 Å². The molecule has 1 rings (SSSR count). The predicted octanol–water partition coefficient (Wildman–Crippen LogP) is 3.58. The van der Waals surface area contributed by atoms with E-state index in [0.717, 1.165) is 41.1 Å². The first-order valence-corrected chi connectivity index (χ1v) is 5.99. The zero-order chi connectivity index (χ0) is 10.4. The minimum absolute atomic E-state index is 0.731. The van der Waals surface area contributed by atoms with Crippen LogP contribution < -0.4 is 5.32 Å². The number of hydrogen-bond acceptors (Lipinski definition) is 2. The summed E-state index contributed by atoms with van der Waals surface area (Å²) in [5, 5.41) is 3.28. The van der Waals surface area contributed by atoms with E-state index in [1.165, 1.54) is 0 Å². The molecule has 1 aromatic rings. The summed E-state index contributed by atoms with van der Waals surface area (Å²) in [6.07, 6.45) is 3.93. The number of unbranched alkanes of at least 4 members (excludes halogenated alkanes) is 1. The molecule has 1 N–H and O–H groups in total. The summed E-state index contributed by atoms with van der Waals surface area (Å²) in [6.45, 7) is 2.98. The molecule has 0 radical (unpaired) electrons. The molecule has 0 aliphatic rings. The third kappa shape index (κ3) is 3.84. The standard InChI is InChI=1S/C10H14BrClN2/c1-8-6-9(11)7-14-10(8)13-5-3-2-4-12/h6-7H,2-5H2,1H3,(H,13,14). The molecular formula is C10H14BrClN2. The van der Waals surface area contributed by atoms with Crippen molar-refractivity contribution in [1.82, 2.24) is 4.98 Å². The molecule has 0 aliphatic heterocycles. The number of pyridine rings is 1. The Balaban J connectivity index is 2.42. The number of halogens is 2. The monoisotopic (exact) mass is 276 g/mol. The lowest BCUT2D eigenvalue weighted by Gasteiger charge is -2.07. The number of hydrogen-bond donors (Lipinski definition) is 1. The van der Waals surface area contributed by atoms with Gasteiger partial charge >= 0.3 is 0 Å². The topological polar surface area (TPSA) is 24.9 Å². The lowest BCUT2D eigenvalue weighted by Crippen LogP contribution is -2.04. The van der Waals surface area contributed by atoms with Gasteiger partial charge in [-0.25, -0.2) is 4.98 Å². The molecular weight excluding hydrogens is 263 g/mol. The van der Waals surface area contributed by atoms with Crippen molar-refractivity contribution < 1.29 is 0 Å². The van der Waals surface area contributed by atoms with Crippen molar-refractivity contribution in [3.63, 3.8) is 0 Å². The first-order valence-electron chi connectivity index (χ1n) is 4.66. The Bertz CT molecular complexity index is 291.